The Balaban J connectivity index is 2.16. The van der Waals surface area contributed by atoms with Crippen LogP contribution in [0.1, 0.15) is 18.2 Å². The molecule has 7 nitrogen and oxygen atoms in total. The van der Waals surface area contributed by atoms with E-state index < -0.39 is 5.97 Å². The van der Waals surface area contributed by atoms with Crippen LogP contribution < -0.4 is 5.73 Å². The molecule has 1 aliphatic rings. The molecule has 0 bridgehead atoms. The number of carboxylic acids is 1. The molecular formula is C12H15N5O2. The van der Waals surface area contributed by atoms with E-state index in [1.165, 1.54) is 0 Å². The summed E-state index contributed by atoms with van der Waals surface area (Å²) in [5.41, 5.74) is 7.29. The quantitative estimate of drug-likeness (QED) is 0.454. The molecular weight excluding hydrogens is 246 g/mol. The summed E-state index contributed by atoms with van der Waals surface area (Å²) >= 11 is 0. The van der Waals surface area contributed by atoms with Crippen molar-refractivity contribution in [1.82, 2.24) is 14.9 Å². The predicted molar refractivity (Wildman–Crippen MR) is 70.4 cm³/mol. The maximum absolute atomic E-state index is 10.7. The average molecular weight is 261 g/mol. The lowest BCUT2D eigenvalue weighted by atomic mass is 10.1. The summed E-state index contributed by atoms with van der Waals surface area (Å²) in [6, 6.07) is 0. The van der Waals surface area contributed by atoms with Gasteiger partial charge in [0.05, 0.1) is 5.69 Å². The number of aliphatic imine (C=N–C) groups is 1. The number of carbonyl (C=O) groups is 1. The van der Waals surface area contributed by atoms with Crippen molar-refractivity contribution < 1.29 is 9.90 Å². The molecule has 0 radical (unpaired) electrons. The van der Waals surface area contributed by atoms with E-state index in [0.717, 1.165) is 17.7 Å². The molecule has 1 aliphatic heterocycles. The number of carboxylic acid groups (broad SMARTS) is 1. The first-order chi connectivity index (χ1) is 8.97. The summed E-state index contributed by atoms with van der Waals surface area (Å²) in [6.45, 7) is 6.46. The van der Waals surface area contributed by atoms with Crippen LogP contribution >= 0.6 is 0 Å². The topological polar surface area (TPSA) is 105 Å². The lowest BCUT2D eigenvalue weighted by molar-refractivity contribution is -0.132. The minimum atomic E-state index is -1.12. The standard InChI is InChI=1S/C12H15N5O2/c1-7(11(18)19)15-8(2)17-4-3-10-9(6-17)5-14-12(13)16-10/h5H,1,3-4,6H2,2H3,(H,18,19)(H2,13,14,16)/b15-8+. The molecule has 3 N–H and O–H groups in total. The number of amidine groups is 1. The summed E-state index contributed by atoms with van der Waals surface area (Å²) in [5.74, 6) is -0.223. The zero-order chi connectivity index (χ0) is 14.0. The highest BCUT2D eigenvalue weighted by Gasteiger charge is 2.19. The fraction of sp³-hybridized carbons (Fsp3) is 0.333. The third-order valence-electron chi connectivity index (χ3n) is 2.95. The number of anilines is 1. The molecule has 100 valence electrons. The van der Waals surface area contributed by atoms with Gasteiger partial charge in [-0.25, -0.2) is 19.8 Å². The molecule has 19 heavy (non-hydrogen) atoms. The van der Waals surface area contributed by atoms with Crippen molar-refractivity contribution in [2.75, 3.05) is 12.3 Å². The molecule has 0 unspecified atom stereocenters. The molecule has 0 atom stereocenters. The van der Waals surface area contributed by atoms with Crippen LogP contribution in [0, 0.1) is 0 Å². The van der Waals surface area contributed by atoms with Gasteiger partial charge in [0.1, 0.15) is 11.5 Å². The fourth-order valence-electron chi connectivity index (χ4n) is 1.92. The van der Waals surface area contributed by atoms with Crippen molar-refractivity contribution in [3.63, 3.8) is 0 Å². The summed E-state index contributed by atoms with van der Waals surface area (Å²) < 4.78 is 0. The second-order valence-electron chi connectivity index (χ2n) is 4.28. The largest absolute Gasteiger partial charge is 0.477 e. The maximum atomic E-state index is 10.7. The molecule has 7 heteroatoms. The van der Waals surface area contributed by atoms with Gasteiger partial charge >= 0.3 is 5.97 Å². The molecule has 0 spiro atoms. The number of nitrogen functional groups attached to an aromatic ring is 1. The Morgan fingerprint density at radius 3 is 3.05 bits per heavy atom. The van der Waals surface area contributed by atoms with Crippen molar-refractivity contribution in [3.05, 3.63) is 29.7 Å². The van der Waals surface area contributed by atoms with E-state index in [4.69, 9.17) is 10.8 Å². The van der Waals surface area contributed by atoms with E-state index in [0.29, 0.717) is 18.9 Å². The Bertz CT molecular complexity index is 567. The number of rotatable bonds is 2. The molecule has 0 amide bonds. The molecule has 0 fully saturated rings. The van der Waals surface area contributed by atoms with Gasteiger partial charge in [-0.1, -0.05) is 6.58 Å². The number of aromatic nitrogens is 2. The SMILES string of the molecule is C=C(/N=C(\C)N1CCc2nc(N)ncc2C1)C(=O)O. The lowest BCUT2D eigenvalue weighted by Gasteiger charge is -2.29. The highest BCUT2D eigenvalue weighted by atomic mass is 16.4. The fourth-order valence-corrected chi connectivity index (χ4v) is 1.92. The van der Waals surface area contributed by atoms with Gasteiger partial charge in [0.15, 0.2) is 0 Å². The molecule has 0 saturated heterocycles. The van der Waals surface area contributed by atoms with Gasteiger partial charge in [0.2, 0.25) is 5.95 Å². The number of aliphatic carboxylic acids is 1. The van der Waals surface area contributed by atoms with E-state index in [1.54, 1.807) is 13.1 Å². The second kappa shape index (κ2) is 5.05. The van der Waals surface area contributed by atoms with Crippen molar-refractivity contribution >= 4 is 17.8 Å². The van der Waals surface area contributed by atoms with E-state index >= 15 is 0 Å². The Morgan fingerprint density at radius 1 is 1.63 bits per heavy atom. The number of nitrogens with two attached hydrogens (primary N) is 1. The normalized spacial score (nSPS) is 15.0. The van der Waals surface area contributed by atoms with Gasteiger partial charge in [-0.05, 0) is 6.92 Å². The second-order valence-corrected chi connectivity index (χ2v) is 4.28. The Hall–Kier alpha value is -2.44. The first-order valence-electron chi connectivity index (χ1n) is 5.80. The molecule has 0 saturated carbocycles. The summed E-state index contributed by atoms with van der Waals surface area (Å²) in [5, 5.41) is 8.76. The van der Waals surface area contributed by atoms with Crippen LogP contribution in [-0.2, 0) is 17.8 Å². The minimum absolute atomic E-state index is 0.170. The summed E-state index contributed by atoms with van der Waals surface area (Å²) in [4.78, 5) is 24.8. The van der Waals surface area contributed by atoms with Crippen LogP contribution in [0.5, 0.6) is 0 Å². The Morgan fingerprint density at radius 2 is 2.37 bits per heavy atom. The van der Waals surface area contributed by atoms with Crippen LogP contribution in [0.2, 0.25) is 0 Å². The van der Waals surface area contributed by atoms with Crippen molar-refractivity contribution in [3.8, 4) is 0 Å². The summed E-state index contributed by atoms with van der Waals surface area (Å²) in [7, 11) is 0. The van der Waals surface area contributed by atoms with Gasteiger partial charge in [-0.3, -0.25) is 0 Å². The van der Waals surface area contributed by atoms with Crippen molar-refractivity contribution in [2.45, 2.75) is 19.9 Å². The number of hydrogen-bond acceptors (Lipinski definition) is 5. The van der Waals surface area contributed by atoms with Gasteiger partial charge in [-0.2, -0.15) is 0 Å². The van der Waals surface area contributed by atoms with E-state index in [-0.39, 0.29) is 11.6 Å². The minimum Gasteiger partial charge on any atom is -0.477 e. The van der Waals surface area contributed by atoms with Crippen LogP contribution in [0.4, 0.5) is 5.95 Å². The lowest BCUT2D eigenvalue weighted by Crippen LogP contribution is -2.35. The van der Waals surface area contributed by atoms with Crippen LogP contribution in [-0.4, -0.2) is 38.3 Å². The Labute approximate surface area is 110 Å². The maximum Gasteiger partial charge on any atom is 0.353 e. The molecule has 0 aromatic carbocycles. The molecule has 2 rings (SSSR count). The molecule has 0 aliphatic carbocycles. The highest BCUT2D eigenvalue weighted by Crippen LogP contribution is 2.17. The van der Waals surface area contributed by atoms with Gasteiger partial charge < -0.3 is 15.7 Å². The third-order valence-corrected chi connectivity index (χ3v) is 2.95. The van der Waals surface area contributed by atoms with E-state index in [9.17, 15) is 4.79 Å². The van der Waals surface area contributed by atoms with Crippen LogP contribution in [0.25, 0.3) is 0 Å². The smallest absolute Gasteiger partial charge is 0.353 e. The molecule has 1 aromatic heterocycles. The van der Waals surface area contributed by atoms with Gasteiger partial charge in [0.25, 0.3) is 0 Å². The van der Waals surface area contributed by atoms with Crippen LogP contribution in [0.3, 0.4) is 0 Å². The number of fused-ring (bicyclic) bond motifs is 1. The summed E-state index contributed by atoms with van der Waals surface area (Å²) in [6.07, 6.45) is 2.43. The van der Waals surface area contributed by atoms with Crippen molar-refractivity contribution in [2.24, 2.45) is 4.99 Å². The van der Waals surface area contributed by atoms with Crippen molar-refractivity contribution in [1.29, 1.82) is 0 Å². The zero-order valence-electron chi connectivity index (χ0n) is 10.6. The van der Waals surface area contributed by atoms with E-state index in [2.05, 4.69) is 21.5 Å². The first kappa shape index (κ1) is 13.0. The van der Waals surface area contributed by atoms with Crippen LogP contribution in [0.15, 0.2) is 23.5 Å². The Kier molecular flexibility index (Phi) is 3.46. The number of nitrogens with zero attached hydrogens (tertiary/aromatic N) is 4. The third kappa shape index (κ3) is 2.87. The first-order valence-corrected chi connectivity index (χ1v) is 5.80. The van der Waals surface area contributed by atoms with Gasteiger partial charge in [0, 0.05) is 31.3 Å². The molecule has 1 aromatic rings. The monoisotopic (exact) mass is 261 g/mol. The predicted octanol–water partition coefficient (Wildman–Crippen LogP) is 0.434. The zero-order valence-corrected chi connectivity index (χ0v) is 10.6. The number of hydrogen-bond donors (Lipinski definition) is 2. The highest BCUT2D eigenvalue weighted by molar-refractivity contribution is 5.91. The molecule has 2 heterocycles. The average Bonchev–Trinajstić information content (AvgIpc) is 2.37. The van der Waals surface area contributed by atoms with Gasteiger partial charge in [-0.15, -0.1) is 0 Å². The van der Waals surface area contributed by atoms with E-state index in [1.807, 2.05) is 4.90 Å².